The molecule has 2 aliphatic rings. The molecule has 0 aromatic carbocycles. The molecule has 19 heavy (non-hydrogen) atoms. The average Bonchev–Trinajstić information content (AvgIpc) is 2.82. The maximum atomic E-state index is 10.0. The van der Waals surface area contributed by atoms with Crippen LogP contribution in [0.1, 0.15) is 45.4 Å². The van der Waals surface area contributed by atoms with Crippen LogP contribution in [0.3, 0.4) is 0 Å². The molecular weight excluding hydrogens is 244 g/mol. The zero-order valence-corrected chi connectivity index (χ0v) is 11.6. The van der Waals surface area contributed by atoms with Crippen molar-refractivity contribution in [2.45, 2.75) is 70.1 Å². The molecule has 0 radical (unpaired) electrons. The Morgan fingerprint density at radius 1 is 1.26 bits per heavy atom. The Balaban J connectivity index is 1.83. The number of rotatable bonds is 6. The Morgan fingerprint density at radius 2 is 2.05 bits per heavy atom. The number of unbranched alkanes of at least 4 members (excludes halogenated alkanes) is 2. The second-order valence-corrected chi connectivity index (χ2v) is 5.86. The summed E-state index contributed by atoms with van der Waals surface area (Å²) in [7, 11) is 0. The number of aliphatic hydroxyl groups is 3. The van der Waals surface area contributed by atoms with Crippen molar-refractivity contribution in [2.75, 3.05) is 0 Å². The molecule has 4 nitrogen and oxygen atoms in total. The van der Waals surface area contributed by atoms with Crippen LogP contribution in [-0.4, -0.2) is 39.9 Å². The highest BCUT2D eigenvalue weighted by atomic mass is 16.6. The molecule has 2 rings (SSSR count). The predicted octanol–water partition coefficient (Wildman–Crippen LogP) is 1.59. The summed E-state index contributed by atoms with van der Waals surface area (Å²) in [6.07, 6.45) is 7.44. The van der Waals surface area contributed by atoms with Crippen LogP contribution in [0.4, 0.5) is 0 Å². The molecule has 1 unspecified atom stereocenters. The maximum Gasteiger partial charge on any atom is 0.155 e. The normalized spacial score (nSPS) is 39.9. The van der Waals surface area contributed by atoms with Crippen molar-refractivity contribution in [3.8, 4) is 0 Å². The van der Waals surface area contributed by atoms with Gasteiger partial charge in [0.25, 0.3) is 0 Å². The van der Waals surface area contributed by atoms with Gasteiger partial charge in [0, 0.05) is 18.8 Å². The minimum Gasteiger partial charge on any atom is -0.392 e. The molecular formula is C15H26O4. The third kappa shape index (κ3) is 3.78. The molecule has 0 bridgehead atoms. The van der Waals surface area contributed by atoms with Gasteiger partial charge in [0.05, 0.1) is 18.3 Å². The van der Waals surface area contributed by atoms with Crippen molar-refractivity contribution >= 4 is 0 Å². The van der Waals surface area contributed by atoms with Gasteiger partial charge in [0.2, 0.25) is 0 Å². The lowest BCUT2D eigenvalue weighted by Crippen LogP contribution is -2.19. The molecule has 0 aromatic rings. The summed E-state index contributed by atoms with van der Waals surface area (Å²) in [5.41, 5.74) is 0. The minimum absolute atomic E-state index is 0.00275. The predicted molar refractivity (Wildman–Crippen MR) is 72.4 cm³/mol. The monoisotopic (exact) mass is 270 g/mol. The highest BCUT2D eigenvalue weighted by Gasteiger charge is 2.47. The van der Waals surface area contributed by atoms with Gasteiger partial charge in [-0.25, -0.2) is 0 Å². The SMILES string of the molecule is CCCCC[C@H](O)C=C[C@@H]1[C@@H]2CC(O)O[C@@H]2C[C@H]1O. The zero-order chi connectivity index (χ0) is 13.8. The van der Waals surface area contributed by atoms with E-state index in [-0.39, 0.29) is 17.9 Å². The standard InChI is InChI=1S/C15H26O4/c1-2-3-4-5-10(16)6-7-11-12-8-15(18)19-14(12)9-13(11)17/h6-7,10-18H,2-5,8-9H2,1H3/t10-,11+,12-,13+,14+,15?/m0/s1. The van der Waals surface area contributed by atoms with Crippen molar-refractivity contribution < 1.29 is 20.1 Å². The summed E-state index contributed by atoms with van der Waals surface area (Å²) in [6, 6.07) is 0. The Morgan fingerprint density at radius 3 is 2.79 bits per heavy atom. The second-order valence-electron chi connectivity index (χ2n) is 5.86. The van der Waals surface area contributed by atoms with Crippen LogP contribution in [0, 0.1) is 11.8 Å². The van der Waals surface area contributed by atoms with Crippen LogP contribution >= 0.6 is 0 Å². The molecule has 4 heteroatoms. The minimum atomic E-state index is -0.687. The van der Waals surface area contributed by atoms with E-state index in [2.05, 4.69) is 6.92 Å². The van der Waals surface area contributed by atoms with Crippen molar-refractivity contribution in [3.63, 3.8) is 0 Å². The largest absolute Gasteiger partial charge is 0.392 e. The third-order valence-corrected chi connectivity index (χ3v) is 4.35. The van der Waals surface area contributed by atoms with Gasteiger partial charge in [-0.3, -0.25) is 0 Å². The molecule has 1 aliphatic carbocycles. The van der Waals surface area contributed by atoms with Gasteiger partial charge in [-0.15, -0.1) is 0 Å². The average molecular weight is 270 g/mol. The number of aliphatic hydroxyl groups excluding tert-OH is 3. The summed E-state index contributed by atoms with van der Waals surface area (Å²) < 4.78 is 5.37. The Bertz CT molecular complexity index is 305. The first-order valence-corrected chi connectivity index (χ1v) is 7.49. The Hall–Kier alpha value is -0.420. The summed E-state index contributed by atoms with van der Waals surface area (Å²) in [5, 5.41) is 29.4. The van der Waals surface area contributed by atoms with Gasteiger partial charge in [-0.1, -0.05) is 38.3 Å². The second kappa shape index (κ2) is 6.84. The van der Waals surface area contributed by atoms with Crippen molar-refractivity contribution in [1.29, 1.82) is 0 Å². The number of ether oxygens (including phenoxy) is 1. The maximum absolute atomic E-state index is 10.0. The van der Waals surface area contributed by atoms with E-state index in [9.17, 15) is 15.3 Å². The Kier molecular flexibility index (Phi) is 5.39. The van der Waals surface area contributed by atoms with E-state index in [1.165, 1.54) is 0 Å². The molecule has 3 N–H and O–H groups in total. The van der Waals surface area contributed by atoms with E-state index in [4.69, 9.17) is 4.74 Å². The topological polar surface area (TPSA) is 69.9 Å². The Labute approximate surface area is 115 Å². The van der Waals surface area contributed by atoms with Crippen LogP contribution in [0.5, 0.6) is 0 Å². The quantitative estimate of drug-likeness (QED) is 0.506. The molecule has 1 saturated heterocycles. The van der Waals surface area contributed by atoms with Crippen LogP contribution in [0.15, 0.2) is 12.2 Å². The van der Waals surface area contributed by atoms with Crippen LogP contribution in [-0.2, 0) is 4.74 Å². The summed E-state index contributed by atoms with van der Waals surface area (Å²) in [5.74, 6) is 0.187. The van der Waals surface area contributed by atoms with Crippen LogP contribution < -0.4 is 0 Å². The molecule has 2 fully saturated rings. The highest BCUT2D eigenvalue weighted by Crippen LogP contribution is 2.43. The van der Waals surface area contributed by atoms with Gasteiger partial charge in [-0.2, -0.15) is 0 Å². The first kappa shape index (κ1) is 15.0. The zero-order valence-electron chi connectivity index (χ0n) is 11.6. The van der Waals surface area contributed by atoms with E-state index in [1.807, 2.05) is 6.08 Å². The van der Waals surface area contributed by atoms with E-state index in [0.717, 1.165) is 25.7 Å². The van der Waals surface area contributed by atoms with E-state index < -0.39 is 18.5 Å². The highest BCUT2D eigenvalue weighted by molar-refractivity contribution is 5.06. The molecule has 1 heterocycles. The van der Waals surface area contributed by atoms with Gasteiger partial charge in [0.15, 0.2) is 6.29 Å². The van der Waals surface area contributed by atoms with E-state index in [0.29, 0.717) is 12.8 Å². The van der Waals surface area contributed by atoms with Crippen molar-refractivity contribution in [2.24, 2.45) is 11.8 Å². The molecule has 1 aliphatic heterocycles. The summed E-state index contributed by atoms with van der Waals surface area (Å²) >= 11 is 0. The lowest BCUT2D eigenvalue weighted by atomic mass is 9.91. The number of hydrogen-bond donors (Lipinski definition) is 3. The summed E-state index contributed by atoms with van der Waals surface area (Å²) in [6.45, 7) is 2.14. The first-order valence-electron chi connectivity index (χ1n) is 7.49. The van der Waals surface area contributed by atoms with Gasteiger partial charge in [-0.05, 0) is 12.3 Å². The van der Waals surface area contributed by atoms with Crippen LogP contribution in [0.2, 0.25) is 0 Å². The molecule has 0 amide bonds. The number of hydrogen-bond acceptors (Lipinski definition) is 4. The lowest BCUT2D eigenvalue weighted by molar-refractivity contribution is -0.0949. The van der Waals surface area contributed by atoms with Gasteiger partial charge >= 0.3 is 0 Å². The molecule has 0 aromatic heterocycles. The van der Waals surface area contributed by atoms with E-state index >= 15 is 0 Å². The molecule has 110 valence electrons. The van der Waals surface area contributed by atoms with Crippen LogP contribution in [0.25, 0.3) is 0 Å². The fourth-order valence-corrected chi connectivity index (χ4v) is 3.29. The fourth-order valence-electron chi connectivity index (χ4n) is 3.29. The lowest BCUT2D eigenvalue weighted by Gasteiger charge is -2.16. The third-order valence-electron chi connectivity index (χ3n) is 4.35. The smallest absolute Gasteiger partial charge is 0.155 e. The molecule has 0 spiro atoms. The van der Waals surface area contributed by atoms with Gasteiger partial charge in [0.1, 0.15) is 0 Å². The molecule has 6 atom stereocenters. The summed E-state index contributed by atoms with van der Waals surface area (Å²) in [4.78, 5) is 0. The van der Waals surface area contributed by atoms with E-state index in [1.54, 1.807) is 6.08 Å². The van der Waals surface area contributed by atoms with Crippen molar-refractivity contribution in [1.82, 2.24) is 0 Å². The fraction of sp³-hybridized carbons (Fsp3) is 0.867. The number of fused-ring (bicyclic) bond motifs is 1. The first-order chi connectivity index (χ1) is 9.11. The molecule has 1 saturated carbocycles. The van der Waals surface area contributed by atoms with Gasteiger partial charge < -0.3 is 20.1 Å². The van der Waals surface area contributed by atoms with Crippen molar-refractivity contribution in [3.05, 3.63) is 12.2 Å².